The van der Waals surface area contributed by atoms with Crippen LogP contribution in [0.4, 0.5) is 0 Å². The minimum absolute atomic E-state index is 0.116. The molecule has 2 aromatic heterocycles. The third kappa shape index (κ3) is 3.16. The first-order valence-corrected chi connectivity index (χ1v) is 7.99. The number of nitrogens with zero attached hydrogens (tertiary/aromatic N) is 4. The third-order valence-electron chi connectivity index (χ3n) is 3.71. The van der Waals surface area contributed by atoms with Crippen LogP contribution in [0.5, 0.6) is 0 Å². The van der Waals surface area contributed by atoms with Crippen molar-refractivity contribution in [2.24, 2.45) is 5.92 Å². The Kier molecular flexibility index (Phi) is 4.07. The normalized spacial score (nSPS) is 18.6. The molecule has 0 spiro atoms. The Balaban J connectivity index is 1.84. The van der Waals surface area contributed by atoms with Crippen LogP contribution >= 0.6 is 11.3 Å². The Labute approximate surface area is 128 Å². The summed E-state index contributed by atoms with van der Waals surface area (Å²) in [6, 6.07) is 3.82. The maximum Gasteiger partial charge on any atom is 0.264 e. The van der Waals surface area contributed by atoms with E-state index in [1.54, 1.807) is 0 Å². The summed E-state index contributed by atoms with van der Waals surface area (Å²) < 4.78 is 2.18. The van der Waals surface area contributed by atoms with Crippen molar-refractivity contribution in [2.75, 3.05) is 27.2 Å². The van der Waals surface area contributed by atoms with Gasteiger partial charge in [-0.25, -0.2) is 4.98 Å². The molecule has 0 radical (unpaired) electrons. The van der Waals surface area contributed by atoms with Gasteiger partial charge in [0, 0.05) is 37.9 Å². The SMILES string of the molecule is CN(C)CC1CN(C(=O)c2cccs2)Cc2nccn2C1. The Morgan fingerprint density at radius 3 is 3.05 bits per heavy atom. The summed E-state index contributed by atoms with van der Waals surface area (Å²) in [5.41, 5.74) is 0. The molecule has 0 fully saturated rings. The van der Waals surface area contributed by atoms with Gasteiger partial charge in [0.1, 0.15) is 5.82 Å². The van der Waals surface area contributed by atoms with Crippen molar-refractivity contribution in [1.29, 1.82) is 0 Å². The molecule has 0 bridgehead atoms. The zero-order valence-electron chi connectivity index (χ0n) is 12.4. The van der Waals surface area contributed by atoms with Crippen LogP contribution in [0.1, 0.15) is 15.5 Å². The summed E-state index contributed by atoms with van der Waals surface area (Å²) in [6.45, 7) is 3.25. The molecule has 3 rings (SSSR count). The van der Waals surface area contributed by atoms with Crippen LogP contribution in [0.2, 0.25) is 0 Å². The molecule has 5 nitrogen and oxygen atoms in total. The lowest BCUT2D eigenvalue weighted by molar-refractivity contribution is 0.0715. The average Bonchev–Trinajstić information content (AvgIpc) is 3.06. The van der Waals surface area contributed by atoms with Crippen LogP contribution in [0, 0.1) is 5.92 Å². The van der Waals surface area contributed by atoms with E-state index in [1.165, 1.54) is 11.3 Å². The van der Waals surface area contributed by atoms with E-state index in [1.807, 2.05) is 34.8 Å². The molecule has 1 unspecified atom stereocenters. The number of carbonyl (C=O) groups excluding carboxylic acids is 1. The number of amides is 1. The van der Waals surface area contributed by atoms with Crippen LogP contribution in [0.3, 0.4) is 0 Å². The highest BCUT2D eigenvalue weighted by molar-refractivity contribution is 7.12. The smallest absolute Gasteiger partial charge is 0.264 e. The van der Waals surface area contributed by atoms with Crippen molar-refractivity contribution in [3.63, 3.8) is 0 Å². The van der Waals surface area contributed by atoms with E-state index in [0.717, 1.165) is 30.3 Å². The standard InChI is InChI=1S/C15H20N4OS/c1-17(2)8-12-9-18-6-5-16-14(18)11-19(10-12)15(20)13-4-3-7-21-13/h3-7,12H,8-11H2,1-2H3. The molecule has 0 saturated carbocycles. The molecule has 21 heavy (non-hydrogen) atoms. The summed E-state index contributed by atoms with van der Waals surface area (Å²) in [7, 11) is 4.15. The van der Waals surface area contributed by atoms with Crippen LogP contribution in [-0.4, -0.2) is 52.4 Å². The Morgan fingerprint density at radius 2 is 2.33 bits per heavy atom. The van der Waals surface area contributed by atoms with Gasteiger partial charge in [0.2, 0.25) is 0 Å². The van der Waals surface area contributed by atoms with Crippen molar-refractivity contribution in [3.05, 3.63) is 40.6 Å². The number of thiophene rings is 1. The molecule has 0 aliphatic carbocycles. The monoisotopic (exact) mass is 304 g/mol. The number of carbonyl (C=O) groups is 1. The summed E-state index contributed by atoms with van der Waals surface area (Å²) in [5, 5.41) is 1.95. The van der Waals surface area contributed by atoms with Crippen molar-refractivity contribution in [2.45, 2.75) is 13.1 Å². The van der Waals surface area contributed by atoms with Crippen LogP contribution in [-0.2, 0) is 13.1 Å². The van der Waals surface area contributed by atoms with Crippen LogP contribution in [0.15, 0.2) is 29.9 Å². The molecular formula is C15H20N4OS. The van der Waals surface area contributed by atoms with Gasteiger partial charge in [-0.1, -0.05) is 6.07 Å². The lowest BCUT2D eigenvalue weighted by Crippen LogP contribution is -2.37. The Bertz CT molecular complexity index is 605. The van der Waals surface area contributed by atoms with E-state index < -0.39 is 0 Å². The molecule has 1 atom stereocenters. The summed E-state index contributed by atoms with van der Waals surface area (Å²) in [6.07, 6.45) is 3.83. The number of imidazole rings is 1. The van der Waals surface area contributed by atoms with Gasteiger partial charge >= 0.3 is 0 Å². The van der Waals surface area contributed by atoms with Crippen molar-refractivity contribution in [1.82, 2.24) is 19.4 Å². The van der Waals surface area contributed by atoms with Gasteiger partial charge in [0.05, 0.1) is 11.4 Å². The second-order valence-electron chi connectivity index (χ2n) is 5.79. The lowest BCUT2D eigenvalue weighted by Gasteiger charge is -2.25. The number of rotatable bonds is 3. The van der Waals surface area contributed by atoms with Gasteiger partial charge in [0.15, 0.2) is 0 Å². The third-order valence-corrected chi connectivity index (χ3v) is 4.57. The molecule has 1 aliphatic rings. The first-order chi connectivity index (χ1) is 10.1. The van der Waals surface area contributed by atoms with Crippen molar-refractivity contribution < 1.29 is 4.79 Å². The van der Waals surface area contributed by atoms with E-state index in [0.29, 0.717) is 12.5 Å². The minimum Gasteiger partial charge on any atom is -0.333 e. The molecule has 3 heterocycles. The number of hydrogen-bond donors (Lipinski definition) is 0. The zero-order valence-corrected chi connectivity index (χ0v) is 13.2. The average molecular weight is 304 g/mol. The fourth-order valence-electron chi connectivity index (χ4n) is 2.88. The Hall–Kier alpha value is -1.66. The highest BCUT2D eigenvalue weighted by Gasteiger charge is 2.26. The van der Waals surface area contributed by atoms with Crippen molar-refractivity contribution >= 4 is 17.2 Å². The summed E-state index contributed by atoms with van der Waals surface area (Å²) in [5.74, 6) is 1.51. The highest BCUT2D eigenvalue weighted by Crippen LogP contribution is 2.20. The van der Waals surface area contributed by atoms with Crippen LogP contribution < -0.4 is 0 Å². The van der Waals surface area contributed by atoms with Gasteiger partial charge in [-0.2, -0.15) is 0 Å². The van der Waals surface area contributed by atoms with Gasteiger partial charge in [-0.3, -0.25) is 4.79 Å². The second-order valence-corrected chi connectivity index (χ2v) is 6.73. The van der Waals surface area contributed by atoms with Gasteiger partial charge < -0.3 is 14.4 Å². The topological polar surface area (TPSA) is 41.4 Å². The maximum atomic E-state index is 12.7. The first-order valence-electron chi connectivity index (χ1n) is 7.11. The van der Waals surface area contributed by atoms with E-state index >= 15 is 0 Å². The molecular weight excluding hydrogens is 284 g/mol. The second kappa shape index (κ2) is 5.99. The molecule has 0 saturated heterocycles. The van der Waals surface area contributed by atoms with E-state index in [2.05, 4.69) is 28.5 Å². The van der Waals surface area contributed by atoms with E-state index in [-0.39, 0.29) is 5.91 Å². The summed E-state index contributed by atoms with van der Waals surface area (Å²) >= 11 is 1.50. The number of hydrogen-bond acceptors (Lipinski definition) is 4. The van der Waals surface area contributed by atoms with Crippen molar-refractivity contribution in [3.8, 4) is 0 Å². The number of aromatic nitrogens is 2. The minimum atomic E-state index is 0.116. The quantitative estimate of drug-likeness (QED) is 0.868. The fraction of sp³-hybridized carbons (Fsp3) is 0.467. The predicted octanol–water partition coefficient (Wildman–Crippen LogP) is 1.78. The van der Waals surface area contributed by atoms with E-state index in [4.69, 9.17) is 0 Å². The molecule has 0 N–H and O–H groups in total. The van der Waals surface area contributed by atoms with Gasteiger partial charge in [-0.15, -0.1) is 11.3 Å². The fourth-order valence-corrected chi connectivity index (χ4v) is 3.57. The van der Waals surface area contributed by atoms with Gasteiger partial charge in [-0.05, 0) is 25.5 Å². The molecule has 1 aliphatic heterocycles. The molecule has 0 aromatic carbocycles. The molecule has 2 aromatic rings. The van der Waals surface area contributed by atoms with E-state index in [9.17, 15) is 4.79 Å². The largest absolute Gasteiger partial charge is 0.333 e. The first kappa shape index (κ1) is 14.3. The highest BCUT2D eigenvalue weighted by atomic mass is 32.1. The molecule has 6 heteroatoms. The maximum absolute atomic E-state index is 12.7. The van der Waals surface area contributed by atoms with Gasteiger partial charge in [0.25, 0.3) is 5.91 Å². The lowest BCUT2D eigenvalue weighted by atomic mass is 10.1. The molecule has 1 amide bonds. The Morgan fingerprint density at radius 1 is 1.48 bits per heavy atom. The number of fused-ring (bicyclic) bond motifs is 1. The van der Waals surface area contributed by atoms with Crippen LogP contribution in [0.25, 0.3) is 0 Å². The zero-order chi connectivity index (χ0) is 14.8. The predicted molar refractivity (Wildman–Crippen MR) is 83.3 cm³/mol. The summed E-state index contributed by atoms with van der Waals surface area (Å²) in [4.78, 5) is 22.0. The molecule has 112 valence electrons.